The molecule has 2 aromatic rings. The summed E-state index contributed by atoms with van der Waals surface area (Å²) in [6.45, 7) is 0.499. The van der Waals surface area contributed by atoms with E-state index < -0.39 is 0 Å². The molecule has 108 valence electrons. The molecule has 0 saturated carbocycles. The van der Waals surface area contributed by atoms with E-state index in [0.717, 1.165) is 20.4 Å². The number of anilines is 1. The molecule has 1 aliphatic rings. The molecule has 1 heterocycles. The lowest BCUT2D eigenvalue weighted by atomic mass is 10.1. The van der Waals surface area contributed by atoms with E-state index in [1.807, 2.05) is 24.3 Å². The minimum atomic E-state index is -0.329. The molecular weight excluding hydrogens is 382 g/mol. The summed E-state index contributed by atoms with van der Waals surface area (Å²) < 4.78 is 14.3. The van der Waals surface area contributed by atoms with Gasteiger partial charge < -0.3 is 10.6 Å². The Morgan fingerprint density at radius 3 is 3.00 bits per heavy atom. The Labute approximate surface area is 136 Å². The molecule has 0 radical (unpaired) electrons. The Bertz CT molecular complexity index is 690. The van der Waals surface area contributed by atoms with Crippen molar-refractivity contribution in [2.24, 2.45) is 0 Å². The van der Waals surface area contributed by atoms with Crippen molar-refractivity contribution in [2.45, 2.75) is 19.0 Å². The number of amides is 1. The first-order valence-electron chi connectivity index (χ1n) is 6.69. The standard InChI is InChI=1S/C16H14FIN2O/c17-12-4-5-14-11(7-12)8-15(20-14)16(21)19-9-10-2-1-3-13(18)6-10/h1-7,15,20H,8-9H2,(H,19,21). The van der Waals surface area contributed by atoms with Gasteiger partial charge in [-0.1, -0.05) is 12.1 Å². The van der Waals surface area contributed by atoms with Gasteiger partial charge in [0.05, 0.1) is 0 Å². The fourth-order valence-electron chi connectivity index (χ4n) is 2.45. The van der Waals surface area contributed by atoms with Crippen LogP contribution in [0.5, 0.6) is 0 Å². The molecular formula is C16H14FIN2O. The van der Waals surface area contributed by atoms with Crippen molar-refractivity contribution in [1.82, 2.24) is 5.32 Å². The molecule has 0 spiro atoms. The average molecular weight is 396 g/mol. The second-order valence-electron chi connectivity index (χ2n) is 5.05. The zero-order valence-electron chi connectivity index (χ0n) is 11.2. The molecule has 1 unspecified atom stereocenters. The van der Waals surface area contributed by atoms with Gasteiger partial charge in [0, 0.05) is 22.2 Å². The van der Waals surface area contributed by atoms with E-state index >= 15 is 0 Å². The summed E-state index contributed by atoms with van der Waals surface area (Å²) >= 11 is 2.24. The number of rotatable bonds is 3. The maximum atomic E-state index is 13.2. The number of halogens is 2. The van der Waals surface area contributed by atoms with Crippen LogP contribution in [0.2, 0.25) is 0 Å². The van der Waals surface area contributed by atoms with Crippen LogP contribution in [0.3, 0.4) is 0 Å². The summed E-state index contributed by atoms with van der Waals surface area (Å²) in [5, 5.41) is 6.05. The molecule has 0 fully saturated rings. The van der Waals surface area contributed by atoms with Gasteiger partial charge in [-0.2, -0.15) is 0 Å². The second-order valence-corrected chi connectivity index (χ2v) is 6.30. The van der Waals surface area contributed by atoms with Crippen LogP contribution in [0.4, 0.5) is 10.1 Å². The summed E-state index contributed by atoms with van der Waals surface area (Å²) in [5.74, 6) is -0.332. The average Bonchev–Trinajstić information content (AvgIpc) is 2.88. The molecule has 0 saturated heterocycles. The molecule has 21 heavy (non-hydrogen) atoms. The van der Waals surface area contributed by atoms with Gasteiger partial charge in [-0.25, -0.2) is 4.39 Å². The van der Waals surface area contributed by atoms with E-state index in [0.29, 0.717) is 13.0 Å². The number of nitrogens with one attached hydrogen (secondary N) is 2. The maximum absolute atomic E-state index is 13.2. The van der Waals surface area contributed by atoms with E-state index in [1.54, 1.807) is 6.07 Å². The third kappa shape index (κ3) is 3.34. The number of carbonyl (C=O) groups excluding carboxylic acids is 1. The summed E-state index contributed by atoms with van der Waals surface area (Å²) in [6.07, 6.45) is 0.519. The highest BCUT2D eigenvalue weighted by Gasteiger charge is 2.26. The van der Waals surface area contributed by atoms with Crippen LogP contribution in [0.1, 0.15) is 11.1 Å². The molecule has 1 amide bonds. The number of benzene rings is 2. The van der Waals surface area contributed by atoms with Crippen molar-refractivity contribution < 1.29 is 9.18 Å². The zero-order valence-corrected chi connectivity index (χ0v) is 13.4. The molecule has 0 aliphatic carbocycles. The number of fused-ring (bicyclic) bond motifs is 1. The van der Waals surface area contributed by atoms with Crippen molar-refractivity contribution in [1.29, 1.82) is 0 Å². The van der Waals surface area contributed by atoms with Crippen LogP contribution < -0.4 is 10.6 Å². The maximum Gasteiger partial charge on any atom is 0.243 e. The normalized spacial score (nSPS) is 16.2. The van der Waals surface area contributed by atoms with Gasteiger partial charge in [0.2, 0.25) is 5.91 Å². The molecule has 3 rings (SSSR count). The first-order chi connectivity index (χ1) is 10.1. The lowest BCUT2D eigenvalue weighted by Gasteiger charge is -2.12. The topological polar surface area (TPSA) is 41.1 Å². The van der Waals surface area contributed by atoms with E-state index in [-0.39, 0.29) is 17.8 Å². The number of hydrogen-bond acceptors (Lipinski definition) is 2. The van der Waals surface area contributed by atoms with Crippen LogP contribution in [0, 0.1) is 9.39 Å². The Hall–Kier alpha value is -1.63. The predicted molar refractivity (Wildman–Crippen MR) is 88.5 cm³/mol. The molecule has 1 aliphatic heterocycles. The lowest BCUT2D eigenvalue weighted by molar-refractivity contribution is -0.121. The predicted octanol–water partition coefficient (Wildman–Crippen LogP) is 3.08. The summed E-state index contributed by atoms with van der Waals surface area (Å²) in [4.78, 5) is 12.2. The molecule has 3 nitrogen and oxygen atoms in total. The Morgan fingerprint density at radius 2 is 2.19 bits per heavy atom. The zero-order chi connectivity index (χ0) is 14.8. The fraction of sp³-hybridized carbons (Fsp3) is 0.188. The minimum absolute atomic E-state index is 0.0644. The highest BCUT2D eigenvalue weighted by molar-refractivity contribution is 14.1. The molecule has 5 heteroatoms. The summed E-state index contributed by atoms with van der Waals surface area (Å²) in [6, 6.07) is 12.2. The van der Waals surface area contributed by atoms with Crippen molar-refractivity contribution in [2.75, 3.05) is 5.32 Å². The molecule has 0 bridgehead atoms. The van der Waals surface area contributed by atoms with Crippen molar-refractivity contribution in [3.8, 4) is 0 Å². The molecule has 2 aromatic carbocycles. The van der Waals surface area contributed by atoms with Gasteiger partial charge >= 0.3 is 0 Å². The van der Waals surface area contributed by atoms with Gasteiger partial charge in [0.15, 0.2) is 0 Å². The van der Waals surface area contributed by atoms with E-state index in [9.17, 15) is 9.18 Å². The Balaban J connectivity index is 1.60. The smallest absolute Gasteiger partial charge is 0.243 e. The SMILES string of the molecule is O=C(NCc1cccc(I)c1)C1Cc2cc(F)ccc2N1. The Kier molecular flexibility index (Phi) is 4.10. The first kappa shape index (κ1) is 14.3. The van der Waals surface area contributed by atoms with Gasteiger partial charge in [-0.3, -0.25) is 4.79 Å². The molecule has 2 N–H and O–H groups in total. The van der Waals surface area contributed by atoms with Crippen LogP contribution >= 0.6 is 22.6 Å². The molecule has 0 aromatic heterocycles. The van der Waals surface area contributed by atoms with Crippen molar-refractivity contribution in [3.05, 3.63) is 63.0 Å². The summed E-state index contributed by atoms with van der Waals surface area (Å²) in [5.41, 5.74) is 2.76. The van der Waals surface area contributed by atoms with Crippen LogP contribution in [-0.2, 0) is 17.8 Å². The van der Waals surface area contributed by atoms with Crippen molar-refractivity contribution >= 4 is 34.2 Å². The quantitative estimate of drug-likeness (QED) is 0.784. The number of carbonyl (C=O) groups is 1. The first-order valence-corrected chi connectivity index (χ1v) is 7.77. The van der Waals surface area contributed by atoms with Gasteiger partial charge in [0.1, 0.15) is 11.9 Å². The Morgan fingerprint density at radius 1 is 1.33 bits per heavy atom. The number of hydrogen-bond donors (Lipinski definition) is 2. The van der Waals surface area contributed by atoms with Crippen molar-refractivity contribution in [3.63, 3.8) is 0 Å². The van der Waals surface area contributed by atoms with Crippen LogP contribution in [0.15, 0.2) is 42.5 Å². The monoisotopic (exact) mass is 396 g/mol. The highest BCUT2D eigenvalue weighted by atomic mass is 127. The lowest BCUT2D eigenvalue weighted by Crippen LogP contribution is -2.38. The third-order valence-corrected chi connectivity index (χ3v) is 4.16. The van der Waals surface area contributed by atoms with Crippen LogP contribution in [-0.4, -0.2) is 11.9 Å². The van der Waals surface area contributed by atoms with Crippen LogP contribution in [0.25, 0.3) is 0 Å². The van der Waals surface area contributed by atoms with E-state index in [1.165, 1.54) is 12.1 Å². The van der Waals surface area contributed by atoms with Gasteiger partial charge in [-0.05, 0) is 64.0 Å². The molecule has 1 atom stereocenters. The largest absolute Gasteiger partial charge is 0.373 e. The summed E-state index contributed by atoms with van der Waals surface area (Å²) in [7, 11) is 0. The second kappa shape index (κ2) is 6.01. The van der Waals surface area contributed by atoms with E-state index in [4.69, 9.17) is 0 Å². The highest BCUT2D eigenvalue weighted by Crippen LogP contribution is 2.26. The van der Waals surface area contributed by atoms with E-state index in [2.05, 4.69) is 33.2 Å². The van der Waals surface area contributed by atoms with Gasteiger partial charge in [0.25, 0.3) is 0 Å². The minimum Gasteiger partial charge on any atom is -0.373 e. The third-order valence-electron chi connectivity index (χ3n) is 3.49. The fourth-order valence-corrected chi connectivity index (χ4v) is 3.06. The van der Waals surface area contributed by atoms with Gasteiger partial charge in [-0.15, -0.1) is 0 Å².